The fourth-order valence-corrected chi connectivity index (χ4v) is 3.14. The second-order valence-corrected chi connectivity index (χ2v) is 6.44. The Morgan fingerprint density at radius 3 is 2.47 bits per heavy atom. The summed E-state index contributed by atoms with van der Waals surface area (Å²) in [4.78, 5) is 2.64. The molecule has 1 fully saturated rings. The van der Waals surface area contributed by atoms with E-state index in [1.54, 1.807) is 0 Å². The van der Waals surface area contributed by atoms with Gasteiger partial charge in [-0.3, -0.25) is 4.90 Å². The van der Waals surface area contributed by atoms with Gasteiger partial charge in [0.2, 0.25) is 0 Å². The summed E-state index contributed by atoms with van der Waals surface area (Å²) in [6.07, 6.45) is 3.87. The first-order valence-corrected chi connectivity index (χ1v) is 7.52. The van der Waals surface area contributed by atoms with Gasteiger partial charge < -0.3 is 5.32 Å². The predicted molar refractivity (Wildman–Crippen MR) is 82.5 cm³/mol. The summed E-state index contributed by atoms with van der Waals surface area (Å²) in [6, 6.07) is 9.40. The molecule has 1 heterocycles. The van der Waals surface area contributed by atoms with Crippen LogP contribution in [-0.2, 0) is 0 Å². The van der Waals surface area contributed by atoms with E-state index >= 15 is 0 Å². The minimum Gasteiger partial charge on any atom is -0.313 e. The molecule has 0 bridgehead atoms. The second kappa shape index (κ2) is 6.06. The summed E-state index contributed by atoms with van der Waals surface area (Å²) in [7, 11) is 2.07. The highest BCUT2D eigenvalue weighted by molar-refractivity contribution is 5.24. The molecule has 1 atom stereocenters. The molecule has 1 unspecified atom stereocenters. The topological polar surface area (TPSA) is 15.3 Å². The van der Waals surface area contributed by atoms with E-state index in [-0.39, 0.29) is 0 Å². The molecule has 1 N–H and O–H groups in total. The Morgan fingerprint density at radius 2 is 1.95 bits per heavy atom. The Labute approximate surface area is 118 Å². The summed E-state index contributed by atoms with van der Waals surface area (Å²) in [5.41, 5.74) is 3.13. The zero-order chi connectivity index (χ0) is 13.9. The Morgan fingerprint density at radius 1 is 1.26 bits per heavy atom. The Balaban J connectivity index is 1.94. The average molecular weight is 260 g/mol. The van der Waals surface area contributed by atoms with E-state index in [1.807, 2.05) is 0 Å². The standard InChI is InChI=1S/C17H28N2/c1-14-6-8-15(9-7-14)16(18-4)10-13-19-12-5-11-17(19,2)3/h6-9,16,18H,5,10-13H2,1-4H3. The highest BCUT2D eigenvalue weighted by Crippen LogP contribution is 2.29. The quantitative estimate of drug-likeness (QED) is 0.871. The van der Waals surface area contributed by atoms with Crippen LogP contribution in [0, 0.1) is 6.92 Å². The summed E-state index contributed by atoms with van der Waals surface area (Å²) < 4.78 is 0. The number of aryl methyl sites for hydroxylation is 1. The molecule has 1 aromatic rings. The van der Waals surface area contributed by atoms with Gasteiger partial charge in [-0.25, -0.2) is 0 Å². The lowest BCUT2D eigenvalue weighted by Crippen LogP contribution is -2.39. The SMILES string of the molecule is CNC(CCN1CCCC1(C)C)c1ccc(C)cc1. The van der Waals surface area contributed by atoms with Crippen LogP contribution < -0.4 is 5.32 Å². The number of hydrogen-bond acceptors (Lipinski definition) is 2. The molecule has 2 heteroatoms. The van der Waals surface area contributed by atoms with Crippen LogP contribution in [0.4, 0.5) is 0 Å². The van der Waals surface area contributed by atoms with Crippen LogP contribution in [0.5, 0.6) is 0 Å². The summed E-state index contributed by atoms with van der Waals surface area (Å²) in [6.45, 7) is 9.34. The maximum Gasteiger partial charge on any atom is 0.0329 e. The van der Waals surface area contributed by atoms with Crippen molar-refractivity contribution in [2.24, 2.45) is 0 Å². The van der Waals surface area contributed by atoms with E-state index in [4.69, 9.17) is 0 Å². The van der Waals surface area contributed by atoms with E-state index in [2.05, 4.69) is 62.3 Å². The molecule has 2 rings (SSSR count). The van der Waals surface area contributed by atoms with Crippen LogP contribution in [0.3, 0.4) is 0 Å². The molecule has 0 radical (unpaired) electrons. The summed E-state index contributed by atoms with van der Waals surface area (Å²) >= 11 is 0. The van der Waals surface area contributed by atoms with Crippen LogP contribution >= 0.6 is 0 Å². The van der Waals surface area contributed by atoms with Crippen molar-refractivity contribution in [3.05, 3.63) is 35.4 Å². The molecule has 1 saturated heterocycles. The third-order valence-corrected chi connectivity index (χ3v) is 4.59. The number of benzene rings is 1. The molecule has 1 aromatic carbocycles. The molecule has 1 aliphatic rings. The molecule has 0 amide bonds. The van der Waals surface area contributed by atoms with Crippen molar-refractivity contribution in [3.63, 3.8) is 0 Å². The zero-order valence-electron chi connectivity index (χ0n) is 12.9. The Hall–Kier alpha value is -0.860. The van der Waals surface area contributed by atoms with E-state index in [0.29, 0.717) is 11.6 Å². The van der Waals surface area contributed by atoms with Gasteiger partial charge in [0.05, 0.1) is 0 Å². The number of nitrogens with zero attached hydrogens (tertiary/aromatic N) is 1. The van der Waals surface area contributed by atoms with Gasteiger partial charge in [0.15, 0.2) is 0 Å². The molecule has 106 valence electrons. The van der Waals surface area contributed by atoms with Crippen molar-refractivity contribution < 1.29 is 0 Å². The van der Waals surface area contributed by atoms with Crippen molar-refractivity contribution in [2.45, 2.75) is 51.6 Å². The van der Waals surface area contributed by atoms with Crippen molar-refractivity contribution in [2.75, 3.05) is 20.1 Å². The van der Waals surface area contributed by atoms with Gasteiger partial charge in [-0.1, -0.05) is 29.8 Å². The third-order valence-electron chi connectivity index (χ3n) is 4.59. The molecular formula is C17H28N2. The molecule has 2 nitrogen and oxygen atoms in total. The highest BCUT2D eigenvalue weighted by atomic mass is 15.2. The average Bonchev–Trinajstić information content (AvgIpc) is 2.71. The first kappa shape index (κ1) is 14.5. The van der Waals surface area contributed by atoms with E-state index in [0.717, 1.165) is 0 Å². The maximum absolute atomic E-state index is 3.46. The Kier molecular flexibility index (Phi) is 4.64. The monoisotopic (exact) mass is 260 g/mol. The molecule has 0 aliphatic carbocycles. The lowest BCUT2D eigenvalue weighted by Gasteiger charge is -2.32. The fraction of sp³-hybridized carbons (Fsp3) is 0.647. The maximum atomic E-state index is 3.46. The van der Waals surface area contributed by atoms with Gasteiger partial charge >= 0.3 is 0 Å². The van der Waals surface area contributed by atoms with Crippen molar-refractivity contribution in [1.29, 1.82) is 0 Å². The van der Waals surface area contributed by atoms with Crippen LogP contribution in [0.15, 0.2) is 24.3 Å². The second-order valence-electron chi connectivity index (χ2n) is 6.44. The number of rotatable bonds is 5. The van der Waals surface area contributed by atoms with Crippen LogP contribution in [-0.4, -0.2) is 30.6 Å². The molecule has 0 saturated carbocycles. The van der Waals surface area contributed by atoms with E-state index in [1.165, 1.54) is 43.5 Å². The molecule has 19 heavy (non-hydrogen) atoms. The number of hydrogen-bond donors (Lipinski definition) is 1. The Bertz CT molecular complexity index is 394. The van der Waals surface area contributed by atoms with Crippen LogP contribution in [0.1, 0.15) is 50.3 Å². The highest BCUT2D eigenvalue weighted by Gasteiger charge is 2.31. The largest absolute Gasteiger partial charge is 0.313 e. The van der Waals surface area contributed by atoms with E-state index in [9.17, 15) is 0 Å². The van der Waals surface area contributed by atoms with Gasteiger partial charge in [-0.05, 0) is 59.2 Å². The third kappa shape index (κ3) is 3.58. The summed E-state index contributed by atoms with van der Waals surface area (Å²) in [5.74, 6) is 0. The predicted octanol–water partition coefficient (Wildman–Crippen LogP) is 3.52. The number of likely N-dealkylation sites (tertiary alicyclic amines) is 1. The van der Waals surface area contributed by atoms with Crippen molar-refractivity contribution >= 4 is 0 Å². The van der Waals surface area contributed by atoms with Crippen molar-refractivity contribution in [1.82, 2.24) is 10.2 Å². The van der Waals surface area contributed by atoms with Gasteiger partial charge in [0.1, 0.15) is 0 Å². The smallest absolute Gasteiger partial charge is 0.0329 e. The summed E-state index contributed by atoms with van der Waals surface area (Å²) in [5, 5.41) is 3.46. The van der Waals surface area contributed by atoms with E-state index < -0.39 is 0 Å². The van der Waals surface area contributed by atoms with Crippen molar-refractivity contribution in [3.8, 4) is 0 Å². The lowest BCUT2D eigenvalue weighted by molar-refractivity contribution is 0.167. The van der Waals surface area contributed by atoms with Gasteiger partial charge in [-0.15, -0.1) is 0 Å². The fourth-order valence-electron chi connectivity index (χ4n) is 3.14. The number of nitrogens with one attached hydrogen (secondary N) is 1. The van der Waals surface area contributed by atoms with Crippen LogP contribution in [0.25, 0.3) is 0 Å². The van der Waals surface area contributed by atoms with Crippen LogP contribution in [0.2, 0.25) is 0 Å². The molecular weight excluding hydrogens is 232 g/mol. The minimum absolute atomic E-state index is 0.394. The molecule has 1 aliphatic heterocycles. The molecule has 0 spiro atoms. The minimum atomic E-state index is 0.394. The lowest BCUT2D eigenvalue weighted by atomic mass is 9.99. The molecule has 0 aromatic heterocycles. The first-order chi connectivity index (χ1) is 9.03. The normalized spacial score (nSPS) is 20.6. The zero-order valence-corrected chi connectivity index (χ0v) is 12.9. The van der Waals surface area contributed by atoms with Gasteiger partial charge in [-0.2, -0.15) is 0 Å². The van der Waals surface area contributed by atoms with Gasteiger partial charge in [0.25, 0.3) is 0 Å². The van der Waals surface area contributed by atoms with Gasteiger partial charge in [0, 0.05) is 18.1 Å². The first-order valence-electron chi connectivity index (χ1n) is 7.52.